The number of hydrogen-bond donors (Lipinski definition) is 1. The predicted octanol–water partition coefficient (Wildman–Crippen LogP) is 3.49. The van der Waals surface area contributed by atoms with Crippen molar-refractivity contribution in [1.82, 2.24) is 14.3 Å². The molecule has 0 spiro atoms. The van der Waals surface area contributed by atoms with Crippen molar-refractivity contribution >= 4 is 28.1 Å². The smallest absolute Gasteiger partial charge is 0.407 e. The second kappa shape index (κ2) is 12.9. The molecule has 2 aromatic rings. The molecule has 0 fully saturated rings. The molecule has 0 aliphatic rings. The number of nitrogens with zero attached hydrogens (tertiary/aromatic N) is 2. The van der Waals surface area contributed by atoms with E-state index in [-0.39, 0.29) is 43.2 Å². The van der Waals surface area contributed by atoms with Gasteiger partial charge < -0.3 is 19.5 Å². The summed E-state index contributed by atoms with van der Waals surface area (Å²) in [6, 6.07) is 6.26. The lowest BCUT2D eigenvalue weighted by atomic mass is 9.79. The summed E-state index contributed by atoms with van der Waals surface area (Å²) in [7, 11) is -4.04. The van der Waals surface area contributed by atoms with Crippen LogP contribution in [0.1, 0.15) is 65.1 Å². The van der Waals surface area contributed by atoms with E-state index >= 15 is 0 Å². The minimum absolute atomic E-state index is 0.0113. The van der Waals surface area contributed by atoms with E-state index in [4.69, 9.17) is 14.2 Å². The molecule has 2 rings (SSSR count). The number of ether oxygens (including phenoxy) is 3. The highest BCUT2D eigenvalue weighted by Gasteiger charge is 2.52. The molecule has 210 valence electrons. The summed E-state index contributed by atoms with van der Waals surface area (Å²) in [5, 5.41) is 2.63. The van der Waals surface area contributed by atoms with Crippen molar-refractivity contribution in [2.75, 3.05) is 19.8 Å². The van der Waals surface area contributed by atoms with Gasteiger partial charge in [0, 0.05) is 12.7 Å². The number of alkyl carbamates (subject to hydrolysis) is 1. The number of hydrogen-bond acceptors (Lipinski definition) is 9. The number of rotatable bonds is 12. The van der Waals surface area contributed by atoms with Gasteiger partial charge in [0.05, 0.1) is 23.8 Å². The topological polar surface area (TPSA) is 143 Å². The van der Waals surface area contributed by atoms with Crippen molar-refractivity contribution in [3.63, 3.8) is 0 Å². The van der Waals surface area contributed by atoms with Crippen LogP contribution in [0.3, 0.4) is 0 Å². The Hall–Kier alpha value is -3.41. The monoisotopic (exact) mass is 551 g/mol. The molecule has 0 unspecified atom stereocenters. The minimum Gasteiger partial charge on any atom is -0.465 e. The highest BCUT2D eigenvalue weighted by molar-refractivity contribution is 7.90. The fourth-order valence-corrected chi connectivity index (χ4v) is 4.78. The molecule has 0 saturated carbocycles. The van der Waals surface area contributed by atoms with E-state index in [0.717, 1.165) is 22.1 Å². The highest BCUT2D eigenvalue weighted by atomic mass is 32.2. The normalized spacial score (nSPS) is 12.1. The summed E-state index contributed by atoms with van der Waals surface area (Å²) in [4.78, 5) is 42.6. The standard InChI is InChI=1S/C26H37N3O8S/c1-7-35-22(30)26(23(31)36-8-2,15-9-10-16-27-24(32)37-25(4,5)6)21-17-29(18-28-21)38(33,34)20-13-11-19(3)12-14-20/h11-14,17-18H,7-10,15-16H2,1-6H3,(H,27,32). The van der Waals surface area contributed by atoms with Gasteiger partial charge in [0.1, 0.15) is 11.9 Å². The first-order chi connectivity index (χ1) is 17.8. The summed E-state index contributed by atoms with van der Waals surface area (Å²) >= 11 is 0. The lowest BCUT2D eigenvalue weighted by Gasteiger charge is -2.27. The van der Waals surface area contributed by atoms with Crippen molar-refractivity contribution in [2.24, 2.45) is 0 Å². The van der Waals surface area contributed by atoms with E-state index in [0.29, 0.717) is 6.42 Å². The van der Waals surface area contributed by atoms with Crippen molar-refractivity contribution in [3.05, 3.63) is 48.0 Å². The van der Waals surface area contributed by atoms with Crippen LogP contribution < -0.4 is 5.32 Å². The van der Waals surface area contributed by atoms with Gasteiger partial charge in [-0.1, -0.05) is 17.7 Å². The molecular formula is C26H37N3O8S. The zero-order valence-corrected chi connectivity index (χ0v) is 23.6. The molecule has 0 radical (unpaired) electrons. The number of carbonyl (C=O) groups is 3. The minimum atomic E-state index is -4.04. The zero-order valence-electron chi connectivity index (χ0n) is 22.8. The van der Waals surface area contributed by atoms with Crippen LogP contribution in [-0.4, -0.2) is 60.8 Å². The Morgan fingerprint density at radius 2 is 1.55 bits per heavy atom. The molecule has 1 heterocycles. The average molecular weight is 552 g/mol. The number of imidazole rings is 1. The third-order valence-electron chi connectivity index (χ3n) is 5.49. The summed E-state index contributed by atoms with van der Waals surface area (Å²) in [6.07, 6.45) is 2.19. The summed E-state index contributed by atoms with van der Waals surface area (Å²) in [6.45, 7) is 10.5. The largest absolute Gasteiger partial charge is 0.465 e. The van der Waals surface area contributed by atoms with Crippen LogP contribution in [0.5, 0.6) is 0 Å². The van der Waals surface area contributed by atoms with Crippen molar-refractivity contribution < 1.29 is 37.0 Å². The van der Waals surface area contributed by atoms with E-state index in [1.807, 2.05) is 6.92 Å². The van der Waals surface area contributed by atoms with Gasteiger partial charge in [-0.15, -0.1) is 0 Å². The average Bonchev–Trinajstić information content (AvgIpc) is 3.32. The summed E-state index contributed by atoms with van der Waals surface area (Å²) in [5.41, 5.74) is -1.86. The van der Waals surface area contributed by atoms with Crippen LogP contribution in [0, 0.1) is 6.92 Å². The number of esters is 2. The molecule has 1 aromatic heterocycles. The first-order valence-electron chi connectivity index (χ1n) is 12.5. The third kappa shape index (κ3) is 7.56. The second-order valence-corrected chi connectivity index (χ2v) is 11.5. The molecule has 12 heteroatoms. The molecule has 0 aliphatic carbocycles. The van der Waals surface area contributed by atoms with Crippen molar-refractivity contribution in [3.8, 4) is 0 Å². The second-order valence-electron chi connectivity index (χ2n) is 9.64. The number of carbonyl (C=O) groups excluding carboxylic acids is 3. The molecule has 0 saturated heterocycles. The van der Waals surface area contributed by atoms with Gasteiger partial charge in [-0.25, -0.2) is 22.2 Å². The summed E-state index contributed by atoms with van der Waals surface area (Å²) in [5.74, 6) is -1.78. The third-order valence-corrected chi connectivity index (χ3v) is 7.11. The van der Waals surface area contributed by atoms with Crippen LogP contribution >= 0.6 is 0 Å². The van der Waals surface area contributed by atoms with E-state index in [2.05, 4.69) is 10.3 Å². The van der Waals surface area contributed by atoms with E-state index in [1.54, 1.807) is 46.8 Å². The highest BCUT2D eigenvalue weighted by Crippen LogP contribution is 2.33. The lowest BCUT2D eigenvalue weighted by Crippen LogP contribution is -2.47. The molecule has 1 N–H and O–H groups in total. The van der Waals surface area contributed by atoms with Gasteiger partial charge >= 0.3 is 18.0 Å². The van der Waals surface area contributed by atoms with Gasteiger partial charge in [0.25, 0.3) is 10.0 Å². The Balaban J connectivity index is 2.36. The Labute approximate surface area is 223 Å². The van der Waals surface area contributed by atoms with Crippen LogP contribution in [-0.2, 0) is 39.2 Å². The van der Waals surface area contributed by atoms with Crippen LogP contribution in [0.25, 0.3) is 0 Å². The molecule has 38 heavy (non-hydrogen) atoms. The Morgan fingerprint density at radius 3 is 2.08 bits per heavy atom. The quantitative estimate of drug-likeness (QED) is 0.181. The van der Waals surface area contributed by atoms with E-state index in [1.165, 1.54) is 12.1 Å². The van der Waals surface area contributed by atoms with Crippen LogP contribution in [0.15, 0.2) is 41.7 Å². The number of amides is 1. The maximum atomic E-state index is 13.3. The SMILES string of the molecule is CCOC(=O)C(CCCCNC(=O)OC(C)(C)C)(C(=O)OCC)c1cn(S(=O)(=O)c2ccc(C)cc2)cn1. The number of aryl methyl sites for hydroxylation is 1. The first kappa shape index (κ1) is 30.8. The zero-order chi connectivity index (χ0) is 28.6. The molecule has 0 bridgehead atoms. The van der Waals surface area contributed by atoms with Gasteiger partial charge in [0.15, 0.2) is 0 Å². The van der Waals surface area contributed by atoms with Gasteiger partial charge in [-0.2, -0.15) is 0 Å². The van der Waals surface area contributed by atoms with Gasteiger partial charge in [-0.3, -0.25) is 9.59 Å². The maximum Gasteiger partial charge on any atom is 0.407 e. The summed E-state index contributed by atoms with van der Waals surface area (Å²) < 4.78 is 42.9. The Kier molecular flexibility index (Phi) is 10.5. The number of nitrogens with one attached hydrogen (secondary N) is 1. The van der Waals surface area contributed by atoms with Crippen LogP contribution in [0.2, 0.25) is 0 Å². The first-order valence-corrected chi connectivity index (χ1v) is 13.9. The van der Waals surface area contributed by atoms with Crippen molar-refractivity contribution in [2.45, 2.75) is 76.7 Å². The van der Waals surface area contributed by atoms with E-state index < -0.39 is 39.1 Å². The van der Waals surface area contributed by atoms with Gasteiger partial charge in [-0.05, 0) is 72.9 Å². The maximum absolute atomic E-state index is 13.3. The van der Waals surface area contributed by atoms with E-state index in [9.17, 15) is 22.8 Å². The molecular weight excluding hydrogens is 514 g/mol. The number of benzene rings is 1. The molecule has 1 aromatic carbocycles. The Morgan fingerprint density at radius 1 is 0.974 bits per heavy atom. The molecule has 0 atom stereocenters. The molecule has 1 amide bonds. The molecule has 0 aliphatic heterocycles. The van der Waals surface area contributed by atoms with Crippen molar-refractivity contribution in [1.29, 1.82) is 0 Å². The fourth-order valence-electron chi connectivity index (χ4n) is 3.64. The number of aromatic nitrogens is 2. The fraction of sp³-hybridized carbons (Fsp3) is 0.538. The number of unbranched alkanes of at least 4 members (excludes halogenated alkanes) is 1. The molecule has 11 nitrogen and oxygen atoms in total. The van der Waals surface area contributed by atoms with Crippen LogP contribution in [0.4, 0.5) is 4.79 Å². The lowest BCUT2D eigenvalue weighted by molar-refractivity contribution is -0.165. The Bertz CT molecular complexity index is 1200. The predicted molar refractivity (Wildman–Crippen MR) is 139 cm³/mol. The van der Waals surface area contributed by atoms with Gasteiger partial charge in [0.2, 0.25) is 5.41 Å².